The Balaban J connectivity index is 1.89. The van der Waals surface area contributed by atoms with Gasteiger partial charge < -0.3 is 14.8 Å². The number of benzene rings is 2. The first-order chi connectivity index (χ1) is 10.9. The van der Waals surface area contributed by atoms with Crippen LogP contribution in [-0.4, -0.2) is 17.0 Å². The Morgan fingerprint density at radius 2 is 1.70 bits per heavy atom. The van der Waals surface area contributed by atoms with Crippen LogP contribution < -0.4 is 5.32 Å². The lowest BCUT2D eigenvalue weighted by Gasteiger charge is -2.06. The van der Waals surface area contributed by atoms with Gasteiger partial charge in [-0.1, -0.05) is 29.3 Å². The SMILES string of the molecule is O=C(Nc1cc(Cl)cc(Cl)c1)c1ccc2cc(C(=O)O)oc2c1. The molecule has 0 aliphatic heterocycles. The van der Waals surface area contributed by atoms with Crippen LogP contribution in [0, 0.1) is 0 Å². The van der Waals surface area contributed by atoms with E-state index < -0.39 is 11.9 Å². The average Bonchev–Trinajstić information content (AvgIpc) is 2.89. The third-order valence-corrected chi connectivity index (χ3v) is 3.55. The number of hydrogen-bond donors (Lipinski definition) is 2. The maximum Gasteiger partial charge on any atom is 0.371 e. The molecule has 0 radical (unpaired) electrons. The van der Waals surface area contributed by atoms with Gasteiger partial charge in [0.25, 0.3) is 5.91 Å². The van der Waals surface area contributed by atoms with E-state index in [4.69, 9.17) is 32.7 Å². The van der Waals surface area contributed by atoms with Crippen LogP contribution >= 0.6 is 23.2 Å². The minimum atomic E-state index is -1.17. The highest BCUT2D eigenvalue weighted by Crippen LogP contribution is 2.24. The first-order valence-corrected chi connectivity index (χ1v) is 7.22. The smallest absolute Gasteiger partial charge is 0.371 e. The van der Waals surface area contributed by atoms with Gasteiger partial charge in [0.05, 0.1) is 0 Å². The minimum Gasteiger partial charge on any atom is -0.475 e. The lowest BCUT2D eigenvalue weighted by molar-refractivity contribution is 0.0665. The zero-order chi connectivity index (χ0) is 16.6. The second-order valence-electron chi connectivity index (χ2n) is 4.78. The molecule has 0 fully saturated rings. The van der Waals surface area contributed by atoms with Crippen LogP contribution in [0.2, 0.25) is 10.0 Å². The van der Waals surface area contributed by atoms with Gasteiger partial charge in [-0.05, 0) is 36.4 Å². The molecule has 0 aliphatic carbocycles. The molecule has 2 N–H and O–H groups in total. The van der Waals surface area contributed by atoms with Gasteiger partial charge in [-0.3, -0.25) is 4.79 Å². The quantitative estimate of drug-likeness (QED) is 0.718. The van der Waals surface area contributed by atoms with Crippen LogP contribution in [0.5, 0.6) is 0 Å². The molecule has 1 aromatic heterocycles. The summed E-state index contributed by atoms with van der Waals surface area (Å²) in [5, 5.41) is 13.0. The number of carbonyl (C=O) groups is 2. The Kier molecular flexibility index (Phi) is 3.98. The molecular formula is C16H9Cl2NO4. The normalized spacial score (nSPS) is 10.7. The van der Waals surface area contributed by atoms with E-state index in [0.29, 0.717) is 32.3 Å². The van der Waals surface area contributed by atoms with Gasteiger partial charge in [0.1, 0.15) is 5.58 Å². The third-order valence-electron chi connectivity index (χ3n) is 3.11. The molecule has 1 heterocycles. The number of rotatable bonds is 3. The summed E-state index contributed by atoms with van der Waals surface area (Å²) in [4.78, 5) is 23.2. The lowest BCUT2D eigenvalue weighted by Crippen LogP contribution is -2.11. The van der Waals surface area contributed by atoms with Gasteiger partial charge in [0, 0.05) is 26.7 Å². The van der Waals surface area contributed by atoms with Crippen molar-refractivity contribution >= 4 is 51.7 Å². The molecule has 7 heteroatoms. The van der Waals surface area contributed by atoms with Crippen molar-refractivity contribution in [2.24, 2.45) is 0 Å². The maximum absolute atomic E-state index is 12.3. The van der Waals surface area contributed by atoms with Crippen LogP contribution in [0.25, 0.3) is 11.0 Å². The molecule has 0 spiro atoms. The van der Waals surface area contributed by atoms with Crippen molar-refractivity contribution in [3.63, 3.8) is 0 Å². The van der Waals surface area contributed by atoms with E-state index in [2.05, 4.69) is 5.32 Å². The molecule has 5 nitrogen and oxygen atoms in total. The number of aromatic carboxylic acids is 1. The Bertz CT molecular complexity index is 913. The van der Waals surface area contributed by atoms with Gasteiger partial charge in [-0.2, -0.15) is 0 Å². The van der Waals surface area contributed by atoms with E-state index in [9.17, 15) is 9.59 Å². The summed E-state index contributed by atoms with van der Waals surface area (Å²) in [5.41, 5.74) is 1.09. The van der Waals surface area contributed by atoms with Gasteiger partial charge >= 0.3 is 5.97 Å². The van der Waals surface area contributed by atoms with Crippen molar-refractivity contribution in [2.45, 2.75) is 0 Å². The first kappa shape index (κ1) is 15.4. The summed E-state index contributed by atoms with van der Waals surface area (Å²) < 4.78 is 5.19. The Morgan fingerprint density at radius 3 is 2.35 bits per heavy atom. The number of amides is 1. The van der Waals surface area contributed by atoms with Gasteiger partial charge in [0.15, 0.2) is 0 Å². The van der Waals surface area contributed by atoms with Crippen molar-refractivity contribution < 1.29 is 19.1 Å². The predicted octanol–water partition coefficient (Wildman–Crippen LogP) is 4.69. The summed E-state index contributed by atoms with van der Waals surface area (Å²) >= 11 is 11.8. The fourth-order valence-electron chi connectivity index (χ4n) is 2.11. The van der Waals surface area contributed by atoms with Gasteiger partial charge in [0.2, 0.25) is 5.76 Å². The molecule has 0 aliphatic rings. The van der Waals surface area contributed by atoms with E-state index in [1.807, 2.05) is 0 Å². The Morgan fingerprint density at radius 1 is 1.00 bits per heavy atom. The molecule has 0 saturated carbocycles. The third kappa shape index (κ3) is 3.31. The van der Waals surface area contributed by atoms with Crippen molar-refractivity contribution in [2.75, 3.05) is 5.32 Å². The van der Waals surface area contributed by atoms with Crippen LogP contribution in [0.4, 0.5) is 5.69 Å². The second-order valence-corrected chi connectivity index (χ2v) is 5.65. The van der Waals surface area contributed by atoms with E-state index in [-0.39, 0.29) is 5.76 Å². The van der Waals surface area contributed by atoms with Crippen LogP contribution in [0.1, 0.15) is 20.9 Å². The van der Waals surface area contributed by atoms with Crippen molar-refractivity contribution in [1.82, 2.24) is 0 Å². The highest BCUT2D eigenvalue weighted by atomic mass is 35.5. The molecule has 0 atom stereocenters. The number of carboxylic acid groups (broad SMARTS) is 1. The molecule has 23 heavy (non-hydrogen) atoms. The van der Waals surface area contributed by atoms with Crippen LogP contribution in [-0.2, 0) is 0 Å². The molecule has 0 bridgehead atoms. The second kappa shape index (κ2) is 5.95. The van der Waals surface area contributed by atoms with E-state index >= 15 is 0 Å². The fraction of sp³-hybridized carbons (Fsp3) is 0. The zero-order valence-electron chi connectivity index (χ0n) is 11.5. The first-order valence-electron chi connectivity index (χ1n) is 6.47. The molecule has 3 rings (SSSR count). The predicted molar refractivity (Wildman–Crippen MR) is 87.6 cm³/mol. The molecule has 116 valence electrons. The standard InChI is InChI=1S/C16H9Cl2NO4/c17-10-5-11(18)7-12(6-10)19-15(20)9-2-1-8-3-14(16(21)22)23-13(8)4-9/h1-7H,(H,19,20)(H,21,22). The molecule has 0 saturated heterocycles. The molecule has 1 amide bonds. The van der Waals surface area contributed by atoms with E-state index in [1.54, 1.807) is 30.3 Å². The monoisotopic (exact) mass is 349 g/mol. The minimum absolute atomic E-state index is 0.181. The number of nitrogens with one attached hydrogen (secondary N) is 1. The number of carbonyl (C=O) groups excluding carboxylic acids is 1. The zero-order valence-corrected chi connectivity index (χ0v) is 13.0. The molecule has 2 aromatic carbocycles. The Labute approximate surface area is 140 Å². The number of hydrogen-bond acceptors (Lipinski definition) is 3. The lowest BCUT2D eigenvalue weighted by atomic mass is 10.1. The molecule has 0 unspecified atom stereocenters. The van der Waals surface area contributed by atoms with Gasteiger partial charge in [-0.15, -0.1) is 0 Å². The number of halogens is 2. The molecular weight excluding hydrogens is 341 g/mol. The van der Waals surface area contributed by atoms with Crippen LogP contribution in [0.15, 0.2) is 46.9 Å². The highest BCUT2D eigenvalue weighted by Gasteiger charge is 2.13. The number of furan rings is 1. The summed E-state index contributed by atoms with van der Waals surface area (Å²) in [7, 11) is 0. The topological polar surface area (TPSA) is 79.5 Å². The summed E-state index contributed by atoms with van der Waals surface area (Å²) in [6, 6.07) is 10.8. The number of fused-ring (bicyclic) bond motifs is 1. The van der Waals surface area contributed by atoms with Crippen molar-refractivity contribution in [1.29, 1.82) is 0 Å². The summed E-state index contributed by atoms with van der Waals surface area (Å²) in [5.74, 6) is -1.74. The van der Waals surface area contributed by atoms with Crippen molar-refractivity contribution in [3.8, 4) is 0 Å². The van der Waals surface area contributed by atoms with Crippen LogP contribution in [0.3, 0.4) is 0 Å². The van der Waals surface area contributed by atoms with Crippen molar-refractivity contribution in [3.05, 3.63) is 63.8 Å². The number of carboxylic acids is 1. The maximum atomic E-state index is 12.3. The molecule has 3 aromatic rings. The average molecular weight is 350 g/mol. The Hall–Kier alpha value is -2.50. The summed E-state index contributed by atoms with van der Waals surface area (Å²) in [6.45, 7) is 0. The highest BCUT2D eigenvalue weighted by molar-refractivity contribution is 6.35. The largest absolute Gasteiger partial charge is 0.475 e. The number of anilines is 1. The van der Waals surface area contributed by atoms with Gasteiger partial charge in [-0.25, -0.2) is 4.79 Å². The van der Waals surface area contributed by atoms with E-state index in [0.717, 1.165) is 0 Å². The van der Waals surface area contributed by atoms with E-state index in [1.165, 1.54) is 12.1 Å². The fourth-order valence-corrected chi connectivity index (χ4v) is 2.63. The summed E-state index contributed by atoms with van der Waals surface area (Å²) in [6.07, 6.45) is 0.